The maximum absolute atomic E-state index is 11.7. The van der Waals surface area contributed by atoms with Crippen LogP contribution in [0.15, 0.2) is 33.5 Å². The van der Waals surface area contributed by atoms with Crippen molar-refractivity contribution >= 4 is 27.1 Å². The van der Waals surface area contributed by atoms with Gasteiger partial charge in [-0.2, -0.15) is 8.42 Å². The van der Waals surface area contributed by atoms with E-state index < -0.39 is 27.3 Å². The Morgan fingerprint density at radius 3 is 2.68 bits per heavy atom. The molecule has 7 nitrogen and oxygen atoms in total. The lowest BCUT2D eigenvalue weighted by Crippen LogP contribution is -2.28. The van der Waals surface area contributed by atoms with Crippen LogP contribution in [0.5, 0.6) is 5.75 Å². The lowest BCUT2D eigenvalue weighted by molar-refractivity contribution is -0.255. The molecule has 0 amide bonds. The van der Waals surface area contributed by atoms with E-state index >= 15 is 0 Å². The summed E-state index contributed by atoms with van der Waals surface area (Å²) in [4.78, 5) is 22.2. The van der Waals surface area contributed by atoms with Gasteiger partial charge in [-0.15, -0.1) is 0 Å². The second kappa shape index (κ2) is 6.18. The molecule has 1 aromatic heterocycles. The summed E-state index contributed by atoms with van der Waals surface area (Å²) < 4.78 is 33.2. The van der Waals surface area contributed by atoms with Crippen LogP contribution < -0.4 is 14.9 Å². The van der Waals surface area contributed by atoms with Crippen LogP contribution in [0.4, 0.5) is 0 Å². The standard InChI is InChI=1S/C14H14O7S/c1-2-3-6-22(18,19)21-10-5-4-9-7-11(13(15)16)14(17)20-12(9)8-10/h4-5,7-8H,2-3,6H2,1H3,(H,15,16)/p-1. The van der Waals surface area contributed by atoms with E-state index in [1.165, 1.54) is 18.2 Å². The number of carbonyl (C=O) groups excluding carboxylic acids is 1. The number of aromatic carboxylic acids is 1. The van der Waals surface area contributed by atoms with Gasteiger partial charge in [0.25, 0.3) is 0 Å². The first-order chi connectivity index (χ1) is 10.3. The Balaban J connectivity index is 2.37. The first kappa shape index (κ1) is 16.0. The molecule has 118 valence electrons. The number of hydrogen-bond donors (Lipinski definition) is 0. The predicted octanol–water partition coefficient (Wildman–Crippen LogP) is 0.665. The number of fused-ring (bicyclic) bond motifs is 1. The molecule has 22 heavy (non-hydrogen) atoms. The lowest BCUT2D eigenvalue weighted by atomic mass is 10.2. The summed E-state index contributed by atoms with van der Waals surface area (Å²) in [6.07, 6.45) is 1.18. The second-order valence-corrected chi connectivity index (χ2v) is 6.32. The van der Waals surface area contributed by atoms with Crippen molar-refractivity contribution in [2.75, 3.05) is 5.75 Å². The average Bonchev–Trinajstić information content (AvgIpc) is 2.43. The van der Waals surface area contributed by atoms with E-state index in [-0.39, 0.29) is 17.1 Å². The topological polar surface area (TPSA) is 114 Å². The number of unbranched alkanes of at least 4 members (excludes halogenated alkanes) is 1. The Labute approximate surface area is 126 Å². The molecule has 0 aliphatic carbocycles. The van der Waals surface area contributed by atoms with Crippen LogP contribution in [0, 0.1) is 0 Å². The molecule has 8 heteroatoms. The molecule has 0 bridgehead atoms. The molecule has 1 heterocycles. The number of rotatable bonds is 6. The average molecular weight is 325 g/mol. The highest BCUT2D eigenvalue weighted by Gasteiger charge is 2.13. The molecule has 1 aromatic carbocycles. The molecule has 0 atom stereocenters. The monoisotopic (exact) mass is 325 g/mol. The maximum atomic E-state index is 11.7. The third-order valence-electron chi connectivity index (χ3n) is 2.90. The van der Waals surface area contributed by atoms with E-state index in [0.717, 1.165) is 6.07 Å². The van der Waals surface area contributed by atoms with E-state index in [1.807, 2.05) is 6.92 Å². The van der Waals surface area contributed by atoms with Gasteiger partial charge in [-0.25, -0.2) is 4.79 Å². The van der Waals surface area contributed by atoms with E-state index in [2.05, 4.69) is 0 Å². The van der Waals surface area contributed by atoms with E-state index in [4.69, 9.17) is 8.60 Å². The van der Waals surface area contributed by atoms with Crippen LogP contribution in [0.3, 0.4) is 0 Å². The zero-order valence-electron chi connectivity index (χ0n) is 11.7. The zero-order chi connectivity index (χ0) is 16.3. The highest BCUT2D eigenvalue weighted by Crippen LogP contribution is 2.22. The normalized spacial score (nSPS) is 11.5. The largest absolute Gasteiger partial charge is 0.545 e. The zero-order valence-corrected chi connectivity index (χ0v) is 12.5. The number of benzene rings is 1. The van der Waals surface area contributed by atoms with Gasteiger partial charge < -0.3 is 18.5 Å². The van der Waals surface area contributed by atoms with Gasteiger partial charge in [-0.1, -0.05) is 13.3 Å². The van der Waals surface area contributed by atoms with Crippen molar-refractivity contribution < 1.29 is 26.9 Å². The fourth-order valence-electron chi connectivity index (χ4n) is 1.80. The molecule has 0 aliphatic heterocycles. The summed E-state index contributed by atoms with van der Waals surface area (Å²) >= 11 is 0. The van der Waals surface area contributed by atoms with Crippen molar-refractivity contribution in [2.24, 2.45) is 0 Å². The Bertz CT molecular complexity index is 864. The molecule has 0 fully saturated rings. The summed E-state index contributed by atoms with van der Waals surface area (Å²) in [7, 11) is -3.72. The molecule has 0 aliphatic rings. The van der Waals surface area contributed by atoms with Gasteiger partial charge in [0.2, 0.25) is 0 Å². The summed E-state index contributed by atoms with van der Waals surface area (Å²) in [5.74, 6) is -1.76. The minimum atomic E-state index is -3.72. The first-order valence-electron chi connectivity index (χ1n) is 6.54. The van der Waals surface area contributed by atoms with Crippen LogP contribution in [-0.4, -0.2) is 20.1 Å². The first-order valence-corrected chi connectivity index (χ1v) is 8.11. The number of carboxylic acids is 1. The predicted molar refractivity (Wildman–Crippen MR) is 76.1 cm³/mol. The van der Waals surface area contributed by atoms with E-state index in [9.17, 15) is 23.1 Å². The van der Waals surface area contributed by atoms with Gasteiger partial charge in [-0.3, -0.25) is 0 Å². The molecule has 2 rings (SSSR count). The van der Waals surface area contributed by atoms with Crippen molar-refractivity contribution in [3.05, 3.63) is 40.2 Å². The Kier molecular flexibility index (Phi) is 4.51. The minimum absolute atomic E-state index is 0.00652. The van der Waals surface area contributed by atoms with Crippen molar-refractivity contribution in [2.45, 2.75) is 19.8 Å². The van der Waals surface area contributed by atoms with Gasteiger partial charge in [-0.05, 0) is 24.6 Å². The van der Waals surface area contributed by atoms with Crippen molar-refractivity contribution in [1.29, 1.82) is 0 Å². The maximum Gasteiger partial charge on any atom is 0.345 e. The van der Waals surface area contributed by atoms with Crippen LogP contribution in [0.25, 0.3) is 11.0 Å². The fourth-order valence-corrected chi connectivity index (χ4v) is 2.92. The summed E-state index contributed by atoms with van der Waals surface area (Å²) in [5.41, 5.74) is -1.64. The molecule has 0 radical (unpaired) electrons. The third kappa shape index (κ3) is 3.64. The highest BCUT2D eigenvalue weighted by molar-refractivity contribution is 7.87. The SMILES string of the molecule is CCCCS(=O)(=O)Oc1ccc2cc(C(=O)[O-])c(=O)oc2c1. The minimum Gasteiger partial charge on any atom is -0.545 e. The molecule has 0 spiro atoms. The summed E-state index contributed by atoms with van der Waals surface area (Å²) in [5, 5.41) is 11.1. The summed E-state index contributed by atoms with van der Waals surface area (Å²) in [6.45, 7) is 1.86. The van der Waals surface area contributed by atoms with Gasteiger partial charge in [0.05, 0.1) is 17.3 Å². The molecule has 0 saturated carbocycles. The number of hydrogen-bond acceptors (Lipinski definition) is 7. The molecule has 0 saturated heterocycles. The van der Waals surface area contributed by atoms with Gasteiger partial charge in [0.1, 0.15) is 11.3 Å². The Morgan fingerprint density at radius 1 is 1.32 bits per heavy atom. The lowest BCUT2D eigenvalue weighted by Gasteiger charge is -2.07. The van der Waals surface area contributed by atoms with Crippen molar-refractivity contribution in [3.63, 3.8) is 0 Å². The van der Waals surface area contributed by atoms with Crippen LogP contribution in [0.1, 0.15) is 30.1 Å². The molecule has 2 aromatic rings. The highest BCUT2D eigenvalue weighted by atomic mass is 32.2. The number of carbonyl (C=O) groups is 1. The fraction of sp³-hybridized carbons (Fsp3) is 0.286. The Hall–Kier alpha value is -2.35. The van der Waals surface area contributed by atoms with Gasteiger partial charge in [0, 0.05) is 11.5 Å². The number of carboxylic acid groups (broad SMARTS) is 1. The van der Waals surface area contributed by atoms with Crippen LogP contribution in [0.2, 0.25) is 0 Å². The van der Waals surface area contributed by atoms with E-state index in [1.54, 1.807) is 0 Å². The van der Waals surface area contributed by atoms with E-state index in [0.29, 0.717) is 18.2 Å². The summed E-state index contributed by atoms with van der Waals surface area (Å²) in [6, 6.07) is 5.07. The van der Waals surface area contributed by atoms with Crippen molar-refractivity contribution in [3.8, 4) is 5.75 Å². The van der Waals surface area contributed by atoms with Crippen LogP contribution >= 0.6 is 0 Å². The smallest absolute Gasteiger partial charge is 0.345 e. The van der Waals surface area contributed by atoms with Gasteiger partial charge >= 0.3 is 15.7 Å². The second-order valence-electron chi connectivity index (χ2n) is 4.63. The Morgan fingerprint density at radius 2 is 2.05 bits per heavy atom. The third-order valence-corrected chi connectivity index (χ3v) is 4.13. The molecular weight excluding hydrogens is 312 g/mol. The van der Waals surface area contributed by atoms with Crippen LogP contribution in [-0.2, 0) is 10.1 Å². The molecule has 0 N–H and O–H groups in total. The molecule has 0 unspecified atom stereocenters. The van der Waals surface area contributed by atoms with Crippen molar-refractivity contribution in [1.82, 2.24) is 0 Å². The molecular formula is C14H13O7S-. The van der Waals surface area contributed by atoms with Gasteiger partial charge in [0.15, 0.2) is 0 Å². The quantitative estimate of drug-likeness (QED) is 0.566.